The van der Waals surface area contributed by atoms with Crippen LogP contribution in [0.15, 0.2) is 5.16 Å². The van der Waals surface area contributed by atoms with Crippen LogP contribution in [0.3, 0.4) is 0 Å². The Morgan fingerprint density at radius 1 is 1.12 bits per heavy atom. The summed E-state index contributed by atoms with van der Waals surface area (Å²) in [5.74, 6) is 2.02. The highest BCUT2D eigenvalue weighted by molar-refractivity contribution is 8.00. The van der Waals surface area contributed by atoms with E-state index in [0.29, 0.717) is 18.0 Å². The summed E-state index contributed by atoms with van der Waals surface area (Å²) < 4.78 is 2.34. The number of thioether (sulfide) groups is 1. The van der Waals surface area contributed by atoms with Crippen molar-refractivity contribution in [3.63, 3.8) is 0 Å². The van der Waals surface area contributed by atoms with Gasteiger partial charge in [0.25, 0.3) is 0 Å². The van der Waals surface area contributed by atoms with Crippen molar-refractivity contribution in [2.75, 3.05) is 7.05 Å². The predicted molar refractivity (Wildman–Crippen MR) is 95.2 cm³/mol. The van der Waals surface area contributed by atoms with Crippen LogP contribution in [0.2, 0.25) is 0 Å². The van der Waals surface area contributed by atoms with E-state index in [1.807, 2.05) is 18.9 Å². The average molecular weight is 349 g/mol. The van der Waals surface area contributed by atoms with E-state index in [2.05, 4.69) is 14.8 Å². The average Bonchev–Trinajstić information content (AvgIpc) is 3.53. The Bertz CT molecular complexity index is 602. The van der Waals surface area contributed by atoms with Crippen LogP contribution in [-0.4, -0.2) is 43.9 Å². The normalized spacial score (nSPS) is 23.2. The van der Waals surface area contributed by atoms with Crippen molar-refractivity contribution in [3.05, 3.63) is 5.82 Å². The van der Waals surface area contributed by atoms with Crippen LogP contribution in [0.5, 0.6) is 0 Å². The minimum absolute atomic E-state index is 0.0920. The van der Waals surface area contributed by atoms with Crippen LogP contribution < -0.4 is 0 Å². The van der Waals surface area contributed by atoms with Crippen molar-refractivity contribution in [1.82, 2.24) is 19.7 Å². The van der Waals surface area contributed by atoms with Crippen molar-refractivity contribution < 1.29 is 4.79 Å². The predicted octanol–water partition coefficient (Wildman–Crippen LogP) is 3.76. The van der Waals surface area contributed by atoms with E-state index in [4.69, 9.17) is 0 Å². The smallest absolute Gasteiger partial charge is 0.235 e. The molecule has 3 aliphatic carbocycles. The molecule has 1 atom stereocenters. The van der Waals surface area contributed by atoms with Crippen LogP contribution in [0, 0.1) is 0 Å². The van der Waals surface area contributed by atoms with Gasteiger partial charge >= 0.3 is 0 Å². The SMILES string of the molecule is C[C@H](Sc1nnc(C2CC2)n1C1CC1)C(=O)N(C)C1CCCCC1. The van der Waals surface area contributed by atoms with Crippen molar-refractivity contribution in [2.45, 2.75) is 93.1 Å². The zero-order chi connectivity index (χ0) is 16.7. The van der Waals surface area contributed by atoms with Gasteiger partial charge in [0.15, 0.2) is 5.16 Å². The van der Waals surface area contributed by atoms with Gasteiger partial charge in [0, 0.05) is 25.0 Å². The Hall–Kier alpha value is -1.04. The highest BCUT2D eigenvalue weighted by atomic mass is 32.2. The Balaban J connectivity index is 1.43. The summed E-state index contributed by atoms with van der Waals surface area (Å²) in [5.41, 5.74) is 0. The number of carbonyl (C=O) groups excluding carboxylic acids is 1. The molecular formula is C18H28N4OS. The minimum atomic E-state index is -0.0920. The number of nitrogens with zero attached hydrogens (tertiary/aromatic N) is 4. The molecule has 0 saturated heterocycles. The Labute approximate surface area is 148 Å². The summed E-state index contributed by atoms with van der Waals surface area (Å²) in [6.07, 6.45) is 11.1. The third kappa shape index (κ3) is 3.35. The topological polar surface area (TPSA) is 51.0 Å². The van der Waals surface area contributed by atoms with Crippen molar-refractivity contribution in [3.8, 4) is 0 Å². The third-order valence-corrected chi connectivity index (χ3v) is 6.69. The van der Waals surface area contributed by atoms with Gasteiger partial charge in [0.05, 0.1) is 5.25 Å². The number of hydrogen-bond acceptors (Lipinski definition) is 4. The van der Waals surface area contributed by atoms with E-state index in [-0.39, 0.29) is 11.2 Å². The number of hydrogen-bond donors (Lipinski definition) is 0. The maximum absolute atomic E-state index is 12.8. The summed E-state index contributed by atoms with van der Waals surface area (Å²) in [7, 11) is 1.98. The second-order valence-electron chi connectivity index (χ2n) is 7.72. The van der Waals surface area contributed by atoms with Gasteiger partial charge < -0.3 is 9.47 Å². The van der Waals surface area contributed by atoms with E-state index in [1.54, 1.807) is 11.8 Å². The van der Waals surface area contributed by atoms with Gasteiger partial charge in [0.2, 0.25) is 5.91 Å². The molecule has 0 aromatic carbocycles. The second kappa shape index (κ2) is 6.70. The van der Waals surface area contributed by atoms with Gasteiger partial charge in [-0.1, -0.05) is 31.0 Å². The van der Waals surface area contributed by atoms with Gasteiger partial charge in [-0.05, 0) is 45.4 Å². The maximum Gasteiger partial charge on any atom is 0.235 e. The molecule has 1 aromatic heterocycles. The monoisotopic (exact) mass is 348 g/mol. The molecular weight excluding hydrogens is 320 g/mol. The quantitative estimate of drug-likeness (QED) is 0.735. The van der Waals surface area contributed by atoms with Gasteiger partial charge in [-0.2, -0.15) is 0 Å². The summed E-state index contributed by atoms with van der Waals surface area (Å²) in [6.45, 7) is 2.02. The fourth-order valence-electron chi connectivity index (χ4n) is 3.81. The zero-order valence-electron chi connectivity index (χ0n) is 14.8. The summed E-state index contributed by atoms with van der Waals surface area (Å²) >= 11 is 1.60. The number of amides is 1. The zero-order valence-corrected chi connectivity index (χ0v) is 15.6. The molecule has 1 amide bonds. The minimum Gasteiger partial charge on any atom is -0.342 e. The molecule has 1 aromatic rings. The second-order valence-corrected chi connectivity index (χ2v) is 9.03. The Morgan fingerprint density at radius 2 is 1.83 bits per heavy atom. The maximum atomic E-state index is 12.8. The van der Waals surface area contributed by atoms with Gasteiger partial charge in [-0.25, -0.2) is 0 Å². The van der Waals surface area contributed by atoms with Gasteiger partial charge in [-0.3, -0.25) is 4.79 Å². The number of aromatic nitrogens is 3. The first-order chi connectivity index (χ1) is 11.6. The molecule has 1 heterocycles. The Morgan fingerprint density at radius 3 is 2.46 bits per heavy atom. The van der Waals surface area contributed by atoms with E-state index >= 15 is 0 Å². The molecule has 0 N–H and O–H groups in total. The van der Waals surface area contributed by atoms with Crippen LogP contribution in [0.1, 0.15) is 82.5 Å². The Kier molecular flexibility index (Phi) is 4.58. The van der Waals surface area contributed by atoms with Gasteiger partial charge in [-0.15, -0.1) is 10.2 Å². The molecule has 5 nitrogen and oxygen atoms in total. The third-order valence-electron chi connectivity index (χ3n) is 5.65. The highest BCUT2D eigenvalue weighted by Gasteiger charge is 2.37. The lowest BCUT2D eigenvalue weighted by Crippen LogP contribution is -2.42. The lowest BCUT2D eigenvalue weighted by molar-refractivity contribution is -0.131. The standard InChI is InChI=1S/C18H28N4OS/c1-12(17(23)21(2)14-6-4-3-5-7-14)24-18-20-19-16(13-8-9-13)22(18)15-10-11-15/h12-15H,3-11H2,1-2H3/t12-/m0/s1. The molecule has 6 heteroatoms. The van der Waals surface area contributed by atoms with Crippen LogP contribution in [-0.2, 0) is 4.79 Å². The van der Waals surface area contributed by atoms with E-state index in [0.717, 1.165) is 18.0 Å². The first-order valence-corrected chi connectivity index (χ1v) is 10.4. The molecule has 3 aliphatic rings. The van der Waals surface area contributed by atoms with Gasteiger partial charge in [0.1, 0.15) is 5.82 Å². The molecule has 24 heavy (non-hydrogen) atoms. The number of carbonyl (C=O) groups is 1. The first kappa shape index (κ1) is 16.4. The largest absolute Gasteiger partial charge is 0.342 e. The summed E-state index contributed by atoms with van der Waals surface area (Å²) in [6, 6.07) is 1.01. The summed E-state index contributed by atoms with van der Waals surface area (Å²) in [5, 5.41) is 9.76. The van der Waals surface area contributed by atoms with Crippen molar-refractivity contribution in [1.29, 1.82) is 0 Å². The number of rotatable bonds is 6. The molecule has 0 bridgehead atoms. The molecule has 132 valence electrons. The highest BCUT2D eigenvalue weighted by Crippen LogP contribution is 2.46. The molecule has 0 radical (unpaired) electrons. The van der Waals surface area contributed by atoms with E-state index in [1.165, 1.54) is 50.8 Å². The lowest BCUT2D eigenvalue weighted by atomic mass is 9.94. The van der Waals surface area contributed by atoms with Crippen molar-refractivity contribution in [2.24, 2.45) is 0 Å². The molecule has 3 fully saturated rings. The van der Waals surface area contributed by atoms with E-state index < -0.39 is 0 Å². The molecule has 0 aliphatic heterocycles. The summed E-state index contributed by atoms with van der Waals surface area (Å²) in [4.78, 5) is 14.8. The van der Waals surface area contributed by atoms with Crippen LogP contribution in [0.25, 0.3) is 0 Å². The first-order valence-electron chi connectivity index (χ1n) is 9.53. The molecule has 3 saturated carbocycles. The molecule has 0 unspecified atom stereocenters. The fourth-order valence-corrected chi connectivity index (χ4v) is 4.84. The van der Waals surface area contributed by atoms with Crippen molar-refractivity contribution >= 4 is 17.7 Å². The lowest BCUT2D eigenvalue weighted by Gasteiger charge is -2.32. The molecule has 0 spiro atoms. The van der Waals surface area contributed by atoms with E-state index in [9.17, 15) is 4.79 Å². The molecule has 4 rings (SSSR count). The van der Waals surface area contributed by atoms with Crippen LogP contribution in [0.4, 0.5) is 0 Å². The fraction of sp³-hybridized carbons (Fsp3) is 0.833. The van der Waals surface area contributed by atoms with Crippen LogP contribution >= 0.6 is 11.8 Å².